The molecular weight excluding hydrogens is 180 g/mol. The summed E-state index contributed by atoms with van der Waals surface area (Å²) in [6.07, 6.45) is 0.327. The number of methoxy groups -OCH3 is 1. The van der Waals surface area contributed by atoms with Crippen molar-refractivity contribution in [2.45, 2.75) is 19.1 Å². The van der Waals surface area contributed by atoms with Crippen molar-refractivity contribution in [2.75, 3.05) is 47.0 Å². The topological polar surface area (TPSA) is 33.7 Å². The molecule has 4 heteroatoms. The largest absolute Gasteiger partial charge is 0.383 e. The molecule has 0 bridgehead atoms. The summed E-state index contributed by atoms with van der Waals surface area (Å²) >= 11 is 0. The molecule has 1 N–H and O–H groups in total. The van der Waals surface area contributed by atoms with Crippen molar-refractivity contribution in [3.8, 4) is 0 Å². The molecule has 0 spiro atoms. The first kappa shape index (κ1) is 11.9. The Morgan fingerprint density at radius 2 is 2.43 bits per heavy atom. The number of ether oxygens (including phenoxy) is 2. The van der Waals surface area contributed by atoms with Crippen LogP contribution in [-0.2, 0) is 9.47 Å². The van der Waals surface area contributed by atoms with Crippen molar-refractivity contribution in [2.24, 2.45) is 0 Å². The molecule has 0 aliphatic carbocycles. The van der Waals surface area contributed by atoms with Crippen LogP contribution in [-0.4, -0.2) is 64.1 Å². The highest BCUT2D eigenvalue weighted by Gasteiger charge is 2.17. The normalized spacial score (nSPS) is 26.4. The molecule has 0 unspecified atom stereocenters. The first-order valence-electron chi connectivity index (χ1n) is 5.25. The van der Waals surface area contributed by atoms with E-state index in [1.54, 1.807) is 7.11 Å². The van der Waals surface area contributed by atoms with Crippen molar-refractivity contribution in [1.29, 1.82) is 0 Å². The molecule has 1 rings (SSSR count). The summed E-state index contributed by atoms with van der Waals surface area (Å²) in [5.41, 5.74) is 0. The van der Waals surface area contributed by atoms with Crippen LogP contribution in [0.5, 0.6) is 0 Å². The molecular formula is C10H22N2O2. The number of likely N-dealkylation sites (N-methyl/N-ethyl adjacent to an activating group) is 1. The first-order valence-corrected chi connectivity index (χ1v) is 5.25. The molecule has 1 fully saturated rings. The summed E-state index contributed by atoms with van der Waals surface area (Å²) in [4.78, 5) is 2.30. The molecule has 0 aromatic carbocycles. The minimum atomic E-state index is 0.327. The maximum atomic E-state index is 5.63. The summed E-state index contributed by atoms with van der Waals surface area (Å²) in [5.74, 6) is 0. The van der Waals surface area contributed by atoms with Crippen LogP contribution in [0.4, 0.5) is 0 Å². The van der Waals surface area contributed by atoms with E-state index in [-0.39, 0.29) is 0 Å². The lowest BCUT2D eigenvalue weighted by atomic mass is 10.2. The highest BCUT2D eigenvalue weighted by atomic mass is 16.5. The van der Waals surface area contributed by atoms with Crippen molar-refractivity contribution >= 4 is 0 Å². The van der Waals surface area contributed by atoms with Gasteiger partial charge in [0, 0.05) is 32.8 Å². The predicted molar refractivity (Wildman–Crippen MR) is 56.6 cm³/mol. The highest BCUT2D eigenvalue weighted by molar-refractivity contribution is 4.72. The third-order valence-corrected chi connectivity index (χ3v) is 2.45. The summed E-state index contributed by atoms with van der Waals surface area (Å²) in [6, 6.07) is 0.399. The summed E-state index contributed by atoms with van der Waals surface area (Å²) < 4.78 is 10.7. The SMILES string of the molecule is COC[C@H](C)NC[C@@H]1CN(C)CCO1. The minimum absolute atomic E-state index is 0.327. The Morgan fingerprint density at radius 1 is 1.64 bits per heavy atom. The van der Waals surface area contributed by atoms with Crippen LogP contribution in [0.25, 0.3) is 0 Å². The molecule has 1 aliphatic heterocycles. The molecule has 0 aromatic rings. The Hall–Kier alpha value is -0.160. The third-order valence-electron chi connectivity index (χ3n) is 2.45. The predicted octanol–water partition coefficient (Wildman–Crippen LogP) is -0.0585. The van der Waals surface area contributed by atoms with E-state index in [9.17, 15) is 0 Å². The Labute approximate surface area is 86.6 Å². The molecule has 0 saturated carbocycles. The van der Waals surface area contributed by atoms with Gasteiger partial charge in [0.25, 0.3) is 0 Å². The molecule has 1 saturated heterocycles. The Balaban J connectivity index is 2.10. The lowest BCUT2D eigenvalue weighted by Gasteiger charge is -2.30. The lowest BCUT2D eigenvalue weighted by Crippen LogP contribution is -2.47. The third kappa shape index (κ3) is 4.37. The van der Waals surface area contributed by atoms with Crippen LogP contribution < -0.4 is 5.32 Å². The van der Waals surface area contributed by atoms with Gasteiger partial charge in [0.1, 0.15) is 0 Å². The zero-order valence-electron chi connectivity index (χ0n) is 9.45. The van der Waals surface area contributed by atoms with E-state index in [0.29, 0.717) is 12.1 Å². The number of nitrogens with one attached hydrogen (secondary N) is 1. The number of morpholine rings is 1. The van der Waals surface area contributed by atoms with E-state index in [0.717, 1.165) is 32.8 Å². The van der Waals surface area contributed by atoms with E-state index >= 15 is 0 Å². The first-order chi connectivity index (χ1) is 6.72. The minimum Gasteiger partial charge on any atom is -0.383 e. The van der Waals surface area contributed by atoms with Gasteiger partial charge < -0.3 is 19.7 Å². The van der Waals surface area contributed by atoms with Crippen LogP contribution in [0.1, 0.15) is 6.92 Å². The fourth-order valence-corrected chi connectivity index (χ4v) is 1.63. The Bertz CT molecular complexity index is 155. The Morgan fingerprint density at radius 3 is 3.07 bits per heavy atom. The van der Waals surface area contributed by atoms with Crippen LogP contribution in [0.3, 0.4) is 0 Å². The molecule has 1 aliphatic rings. The number of rotatable bonds is 5. The van der Waals surface area contributed by atoms with Crippen molar-refractivity contribution < 1.29 is 9.47 Å². The zero-order valence-corrected chi connectivity index (χ0v) is 9.45. The molecule has 1 heterocycles. The molecule has 0 aromatic heterocycles. The van der Waals surface area contributed by atoms with Gasteiger partial charge in [0.2, 0.25) is 0 Å². The average molecular weight is 202 g/mol. The molecule has 84 valence electrons. The smallest absolute Gasteiger partial charge is 0.0826 e. The number of hydrogen-bond donors (Lipinski definition) is 1. The maximum Gasteiger partial charge on any atom is 0.0826 e. The number of nitrogens with zero attached hydrogens (tertiary/aromatic N) is 1. The molecule has 0 radical (unpaired) electrons. The van der Waals surface area contributed by atoms with Gasteiger partial charge in [0.05, 0.1) is 19.3 Å². The van der Waals surface area contributed by atoms with Gasteiger partial charge in [0.15, 0.2) is 0 Å². The van der Waals surface area contributed by atoms with Crippen molar-refractivity contribution in [3.05, 3.63) is 0 Å². The maximum absolute atomic E-state index is 5.63. The molecule has 0 amide bonds. The molecule has 4 nitrogen and oxygen atoms in total. The van der Waals surface area contributed by atoms with Crippen LogP contribution in [0, 0.1) is 0 Å². The Kier molecular flexibility index (Phi) is 5.40. The van der Waals surface area contributed by atoms with Gasteiger partial charge in [-0.25, -0.2) is 0 Å². The monoisotopic (exact) mass is 202 g/mol. The molecule has 14 heavy (non-hydrogen) atoms. The van der Waals surface area contributed by atoms with Gasteiger partial charge in [-0.15, -0.1) is 0 Å². The fraction of sp³-hybridized carbons (Fsp3) is 1.00. The van der Waals surface area contributed by atoms with Crippen LogP contribution in [0.2, 0.25) is 0 Å². The lowest BCUT2D eigenvalue weighted by molar-refractivity contribution is -0.0200. The second kappa shape index (κ2) is 6.35. The van der Waals surface area contributed by atoms with Gasteiger partial charge in [-0.2, -0.15) is 0 Å². The standard InChI is InChI=1S/C10H22N2O2/c1-9(8-13-3)11-6-10-7-12(2)4-5-14-10/h9-11H,4-8H2,1-3H3/t9-,10+/m0/s1. The second-order valence-electron chi connectivity index (χ2n) is 4.02. The van der Waals surface area contributed by atoms with E-state index in [4.69, 9.17) is 9.47 Å². The quantitative estimate of drug-likeness (QED) is 0.677. The summed E-state index contributed by atoms with van der Waals surface area (Å²) in [7, 11) is 3.86. The van der Waals surface area contributed by atoms with Gasteiger partial charge >= 0.3 is 0 Å². The van der Waals surface area contributed by atoms with Crippen molar-refractivity contribution in [3.63, 3.8) is 0 Å². The second-order valence-corrected chi connectivity index (χ2v) is 4.02. The van der Waals surface area contributed by atoms with E-state index in [1.165, 1.54) is 0 Å². The highest BCUT2D eigenvalue weighted by Crippen LogP contribution is 2.01. The van der Waals surface area contributed by atoms with Crippen LogP contribution >= 0.6 is 0 Å². The summed E-state index contributed by atoms with van der Waals surface area (Å²) in [5, 5.41) is 3.40. The summed E-state index contributed by atoms with van der Waals surface area (Å²) in [6.45, 7) is 6.70. The van der Waals surface area contributed by atoms with Gasteiger partial charge in [-0.1, -0.05) is 0 Å². The van der Waals surface area contributed by atoms with E-state index in [1.807, 2.05) is 0 Å². The fourth-order valence-electron chi connectivity index (χ4n) is 1.63. The van der Waals surface area contributed by atoms with E-state index < -0.39 is 0 Å². The number of hydrogen-bond acceptors (Lipinski definition) is 4. The zero-order chi connectivity index (χ0) is 10.4. The molecule has 2 atom stereocenters. The van der Waals surface area contributed by atoms with Crippen molar-refractivity contribution in [1.82, 2.24) is 10.2 Å². The van der Waals surface area contributed by atoms with E-state index in [2.05, 4.69) is 24.2 Å². The average Bonchev–Trinajstić information content (AvgIpc) is 2.15. The van der Waals surface area contributed by atoms with Gasteiger partial charge in [-0.3, -0.25) is 0 Å². The van der Waals surface area contributed by atoms with Gasteiger partial charge in [-0.05, 0) is 14.0 Å². The van der Waals surface area contributed by atoms with Crippen LogP contribution in [0.15, 0.2) is 0 Å².